The van der Waals surface area contributed by atoms with Crippen LogP contribution in [-0.2, 0) is 10.1 Å². The molecular formula is C8H18O3S. The summed E-state index contributed by atoms with van der Waals surface area (Å²) in [5.74, 6) is 0.467. The molecule has 0 aliphatic rings. The topological polar surface area (TPSA) is 54.4 Å². The summed E-state index contributed by atoms with van der Waals surface area (Å²) in [5, 5.41) is 0. The first-order valence-corrected chi connectivity index (χ1v) is 5.91. The molecule has 0 aromatic rings. The Morgan fingerprint density at radius 2 is 1.75 bits per heavy atom. The summed E-state index contributed by atoms with van der Waals surface area (Å²) < 4.78 is 29.5. The summed E-state index contributed by atoms with van der Waals surface area (Å²) in [6.07, 6.45) is 1.91. The van der Waals surface area contributed by atoms with E-state index in [-0.39, 0.29) is 11.7 Å². The van der Waals surface area contributed by atoms with Crippen LogP contribution in [0.3, 0.4) is 0 Å². The molecule has 0 aliphatic carbocycles. The van der Waals surface area contributed by atoms with Crippen LogP contribution in [-0.4, -0.2) is 18.7 Å². The Morgan fingerprint density at radius 1 is 1.25 bits per heavy atom. The standard InChI is InChI=1S/C8H18O3S/c1-4-7(2)5-8(3)6-12(9,10)11/h7-8H,4-6H2,1-3H3,(H,9,10,11). The minimum Gasteiger partial charge on any atom is -0.286 e. The van der Waals surface area contributed by atoms with E-state index < -0.39 is 10.1 Å². The third-order valence-electron chi connectivity index (χ3n) is 2.00. The van der Waals surface area contributed by atoms with Gasteiger partial charge in [-0.25, -0.2) is 0 Å². The first-order valence-electron chi connectivity index (χ1n) is 4.30. The van der Waals surface area contributed by atoms with E-state index in [1.54, 1.807) is 0 Å². The van der Waals surface area contributed by atoms with Gasteiger partial charge in [0.2, 0.25) is 0 Å². The van der Waals surface area contributed by atoms with Crippen molar-refractivity contribution < 1.29 is 13.0 Å². The van der Waals surface area contributed by atoms with Gasteiger partial charge in [0.1, 0.15) is 0 Å². The molecule has 0 bridgehead atoms. The van der Waals surface area contributed by atoms with Crippen LogP contribution >= 0.6 is 0 Å². The lowest BCUT2D eigenvalue weighted by molar-refractivity contribution is 0.412. The molecule has 0 spiro atoms. The minimum absolute atomic E-state index is 0.0509. The van der Waals surface area contributed by atoms with Crippen molar-refractivity contribution in [2.45, 2.75) is 33.6 Å². The fourth-order valence-corrected chi connectivity index (χ4v) is 2.14. The second-order valence-corrected chi connectivity index (χ2v) is 5.10. The maximum absolute atomic E-state index is 10.5. The van der Waals surface area contributed by atoms with Gasteiger partial charge >= 0.3 is 0 Å². The fourth-order valence-electron chi connectivity index (χ4n) is 1.28. The molecule has 2 unspecified atom stereocenters. The lowest BCUT2D eigenvalue weighted by atomic mass is 9.97. The molecule has 1 N–H and O–H groups in total. The van der Waals surface area contributed by atoms with Gasteiger partial charge in [0.15, 0.2) is 0 Å². The van der Waals surface area contributed by atoms with Crippen LogP contribution in [0.5, 0.6) is 0 Å². The molecule has 12 heavy (non-hydrogen) atoms. The van der Waals surface area contributed by atoms with Gasteiger partial charge in [0.25, 0.3) is 10.1 Å². The highest BCUT2D eigenvalue weighted by Gasteiger charge is 2.14. The Kier molecular flexibility index (Phi) is 4.78. The van der Waals surface area contributed by atoms with Crippen molar-refractivity contribution in [2.24, 2.45) is 11.8 Å². The molecule has 0 heterocycles. The molecule has 0 rings (SSSR count). The second-order valence-electron chi connectivity index (χ2n) is 3.60. The normalized spacial score (nSPS) is 17.3. The van der Waals surface area contributed by atoms with E-state index in [4.69, 9.17) is 4.55 Å². The van der Waals surface area contributed by atoms with E-state index in [0.717, 1.165) is 12.8 Å². The van der Waals surface area contributed by atoms with Crippen molar-refractivity contribution >= 4 is 10.1 Å². The molecule has 0 aromatic carbocycles. The van der Waals surface area contributed by atoms with Crippen LogP contribution in [0.2, 0.25) is 0 Å². The fraction of sp³-hybridized carbons (Fsp3) is 1.00. The first kappa shape index (κ1) is 11.9. The molecule has 0 fully saturated rings. The number of hydrogen-bond donors (Lipinski definition) is 1. The highest BCUT2D eigenvalue weighted by atomic mass is 32.2. The van der Waals surface area contributed by atoms with Gasteiger partial charge in [-0.1, -0.05) is 27.2 Å². The lowest BCUT2D eigenvalue weighted by Crippen LogP contribution is -2.14. The third-order valence-corrected chi connectivity index (χ3v) is 2.99. The van der Waals surface area contributed by atoms with E-state index in [1.807, 2.05) is 6.92 Å². The quantitative estimate of drug-likeness (QED) is 0.680. The van der Waals surface area contributed by atoms with Crippen LogP contribution in [0, 0.1) is 11.8 Å². The van der Waals surface area contributed by atoms with E-state index >= 15 is 0 Å². The van der Waals surface area contributed by atoms with E-state index in [1.165, 1.54) is 0 Å². The maximum Gasteiger partial charge on any atom is 0.265 e. The SMILES string of the molecule is CCC(C)CC(C)CS(=O)(=O)O. The zero-order valence-corrected chi connectivity index (χ0v) is 8.76. The summed E-state index contributed by atoms with van der Waals surface area (Å²) in [6, 6.07) is 0. The van der Waals surface area contributed by atoms with Crippen molar-refractivity contribution in [1.82, 2.24) is 0 Å². The van der Waals surface area contributed by atoms with Gasteiger partial charge in [0.05, 0.1) is 5.75 Å². The predicted octanol–water partition coefficient (Wildman–Crippen LogP) is 1.95. The Labute approximate surface area is 74.9 Å². The van der Waals surface area contributed by atoms with E-state index in [0.29, 0.717) is 5.92 Å². The van der Waals surface area contributed by atoms with Crippen molar-refractivity contribution in [1.29, 1.82) is 0 Å². The van der Waals surface area contributed by atoms with Gasteiger partial charge < -0.3 is 0 Å². The molecule has 2 atom stereocenters. The highest BCUT2D eigenvalue weighted by molar-refractivity contribution is 7.85. The predicted molar refractivity (Wildman–Crippen MR) is 49.7 cm³/mol. The molecule has 0 aliphatic heterocycles. The van der Waals surface area contributed by atoms with Crippen molar-refractivity contribution in [3.8, 4) is 0 Å². The molecule has 3 nitrogen and oxygen atoms in total. The first-order chi connectivity index (χ1) is 5.35. The van der Waals surface area contributed by atoms with Crippen molar-refractivity contribution in [3.63, 3.8) is 0 Å². The molecular weight excluding hydrogens is 176 g/mol. The van der Waals surface area contributed by atoms with E-state index in [2.05, 4.69) is 13.8 Å². The second kappa shape index (κ2) is 4.82. The third kappa shape index (κ3) is 6.61. The van der Waals surface area contributed by atoms with Gasteiger partial charge in [0, 0.05) is 0 Å². The maximum atomic E-state index is 10.5. The number of rotatable bonds is 5. The Morgan fingerprint density at radius 3 is 2.08 bits per heavy atom. The molecule has 0 saturated carbocycles. The summed E-state index contributed by atoms with van der Waals surface area (Å²) in [7, 11) is -3.78. The monoisotopic (exact) mass is 194 g/mol. The summed E-state index contributed by atoms with van der Waals surface area (Å²) >= 11 is 0. The molecule has 74 valence electrons. The smallest absolute Gasteiger partial charge is 0.265 e. The number of hydrogen-bond acceptors (Lipinski definition) is 2. The minimum atomic E-state index is -3.78. The molecule has 0 radical (unpaired) electrons. The molecule has 0 amide bonds. The lowest BCUT2D eigenvalue weighted by Gasteiger charge is -2.13. The molecule has 0 saturated heterocycles. The molecule has 0 aromatic heterocycles. The average Bonchev–Trinajstić information content (AvgIpc) is 1.82. The van der Waals surface area contributed by atoms with Crippen LogP contribution in [0.4, 0.5) is 0 Å². The van der Waals surface area contributed by atoms with Crippen LogP contribution in [0.15, 0.2) is 0 Å². The van der Waals surface area contributed by atoms with Crippen LogP contribution in [0.1, 0.15) is 33.6 Å². The zero-order valence-electron chi connectivity index (χ0n) is 7.95. The summed E-state index contributed by atoms with van der Waals surface area (Å²) in [4.78, 5) is 0. The average molecular weight is 194 g/mol. The summed E-state index contributed by atoms with van der Waals surface area (Å²) in [5.41, 5.74) is 0. The van der Waals surface area contributed by atoms with Gasteiger partial charge in [-0.2, -0.15) is 8.42 Å². The Bertz CT molecular complexity index is 208. The Hall–Kier alpha value is -0.0900. The zero-order chi connectivity index (χ0) is 9.78. The van der Waals surface area contributed by atoms with Crippen LogP contribution in [0.25, 0.3) is 0 Å². The Balaban J connectivity index is 3.82. The molecule has 4 heteroatoms. The van der Waals surface area contributed by atoms with Crippen molar-refractivity contribution in [2.75, 3.05) is 5.75 Å². The summed E-state index contributed by atoms with van der Waals surface area (Å²) in [6.45, 7) is 6.01. The highest BCUT2D eigenvalue weighted by Crippen LogP contribution is 2.15. The van der Waals surface area contributed by atoms with Crippen LogP contribution < -0.4 is 0 Å². The largest absolute Gasteiger partial charge is 0.286 e. The van der Waals surface area contributed by atoms with Gasteiger partial charge in [-0.05, 0) is 18.3 Å². The van der Waals surface area contributed by atoms with Gasteiger partial charge in [-0.15, -0.1) is 0 Å². The van der Waals surface area contributed by atoms with E-state index in [9.17, 15) is 8.42 Å². The van der Waals surface area contributed by atoms with Crippen molar-refractivity contribution in [3.05, 3.63) is 0 Å². The van der Waals surface area contributed by atoms with Gasteiger partial charge in [-0.3, -0.25) is 4.55 Å².